The standard InChI is InChI=1S/C13H26N2O2/c1-5-7-9(14)12(16)15-10-8-11(17-6-2)13(10,3)4/h9-11H,5-8,14H2,1-4H3,(H,15,16)/t9-,10?,11?/m0/s1. The van der Waals surface area contributed by atoms with Crippen LogP contribution < -0.4 is 11.1 Å². The molecule has 0 aromatic heterocycles. The summed E-state index contributed by atoms with van der Waals surface area (Å²) in [5.41, 5.74) is 5.80. The first-order valence-corrected chi connectivity index (χ1v) is 6.61. The number of carbonyl (C=O) groups excluding carboxylic acids is 1. The van der Waals surface area contributed by atoms with Crippen molar-refractivity contribution in [2.75, 3.05) is 6.61 Å². The van der Waals surface area contributed by atoms with Crippen LogP contribution in [0.2, 0.25) is 0 Å². The minimum Gasteiger partial charge on any atom is -0.378 e. The third kappa shape index (κ3) is 3.19. The van der Waals surface area contributed by atoms with Crippen molar-refractivity contribution in [1.82, 2.24) is 5.32 Å². The molecule has 1 aliphatic rings. The summed E-state index contributed by atoms with van der Waals surface area (Å²) < 4.78 is 5.63. The maximum atomic E-state index is 11.8. The topological polar surface area (TPSA) is 64.4 Å². The molecule has 1 rings (SSSR count). The zero-order valence-corrected chi connectivity index (χ0v) is 11.5. The average Bonchev–Trinajstić information content (AvgIpc) is 2.27. The highest BCUT2D eigenvalue weighted by atomic mass is 16.5. The lowest BCUT2D eigenvalue weighted by Crippen LogP contribution is -2.63. The summed E-state index contributed by atoms with van der Waals surface area (Å²) >= 11 is 0. The van der Waals surface area contributed by atoms with E-state index in [1.807, 2.05) is 13.8 Å². The molecule has 0 aromatic carbocycles. The van der Waals surface area contributed by atoms with Gasteiger partial charge in [-0.15, -0.1) is 0 Å². The minimum absolute atomic E-state index is 0.0115. The van der Waals surface area contributed by atoms with Crippen molar-refractivity contribution in [3.05, 3.63) is 0 Å². The molecular formula is C13H26N2O2. The smallest absolute Gasteiger partial charge is 0.237 e. The van der Waals surface area contributed by atoms with E-state index in [1.54, 1.807) is 0 Å². The largest absolute Gasteiger partial charge is 0.378 e. The predicted octanol–water partition coefficient (Wildman–Crippen LogP) is 1.43. The monoisotopic (exact) mass is 242 g/mol. The summed E-state index contributed by atoms with van der Waals surface area (Å²) in [6.45, 7) is 9.02. The fraction of sp³-hybridized carbons (Fsp3) is 0.923. The van der Waals surface area contributed by atoms with Gasteiger partial charge in [-0.25, -0.2) is 0 Å². The van der Waals surface area contributed by atoms with Crippen LogP contribution in [0.25, 0.3) is 0 Å². The Morgan fingerprint density at radius 2 is 2.18 bits per heavy atom. The number of rotatable bonds is 6. The second kappa shape index (κ2) is 5.83. The molecule has 1 aliphatic carbocycles. The van der Waals surface area contributed by atoms with Gasteiger partial charge < -0.3 is 15.8 Å². The van der Waals surface area contributed by atoms with Gasteiger partial charge >= 0.3 is 0 Å². The van der Waals surface area contributed by atoms with Gasteiger partial charge in [-0.2, -0.15) is 0 Å². The van der Waals surface area contributed by atoms with Gasteiger partial charge in [-0.1, -0.05) is 27.2 Å². The Morgan fingerprint density at radius 3 is 2.65 bits per heavy atom. The molecule has 100 valence electrons. The van der Waals surface area contributed by atoms with E-state index in [4.69, 9.17) is 10.5 Å². The molecule has 0 spiro atoms. The minimum atomic E-state index is -0.373. The molecule has 0 saturated heterocycles. The zero-order valence-electron chi connectivity index (χ0n) is 11.5. The molecule has 0 aromatic rings. The molecule has 0 bridgehead atoms. The van der Waals surface area contributed by atoms with Gasteiger partial charge in [0.1, 0.15) is 0 Å². The number of carbonyl (C=O) groups is 1. The van der Waals surface area contributed by atoms with E-state index in [9.17, 15) is 4.79 Å². The number of nitrogens with one attached hydrogen (secondary N) is 1. The SMILES string of the molecule is CCC[C@H](N)C(=O)NC1CC(OCC)C1(C)C. The first kappa shape index (κ1) is 14.5. The van der Waals surface area contributed by atoms with Crippen LogP contribution in [-0.2, 0) is 9.53 Å². The molecule has 1 saturated carbocycles. The van der Waals surface area contributed by atoms with E-state index >= 15 is 0 Å². The summed E-state index contributed by atoms with van der Waals surface area (Å²) in [7, 11) is 0. The molecule has 3 atom stereocenters. The van der Waals surface area contributed by atoms with Crippen LogP contribution >= 0.6 is 0 Å². The van der Waals surface area contributed by atoms with Gasteiger partial charge in [0.15, 0.2) is 0 Å². The molecule has 1 amide bonds. The lowest BCUT2D eigenvalue weighted by Gasteiger charge is -2.51. The van der Waals surface area contributed by atoms with Gasteiger partial charge in [-0.3, -0.25) is 4.79 Å². The van der Waals surface area contributed by atoms with Crippen molar-refractivity contribution in [2.24, 2.45) is 11.1 Å². The Kier molecular flexibility index (Phi) is 4.95. The highest BCUT2D eigenvalue weighted by Gasteiger charge is 2.49. The van der Waals surface area contributed by atoms with Crippen molar-refractivity contribution in [3.63, 3.8) is 0 Å². The summed E-state index contributed by atoms with van der Waals surface area (Å²) in [6, 6.07) is -0.184. The second-order valence-corrected chi connectivity index (χ2v) is 5.46. The molecule has 1 fully saturated rings. The maximum Gasteiger partial charge on any atom is 0.237 e. The van der Waals surface area contributed by atoms with Crippen LogP contribution in [0.15, 0.2) is 0 Å². The summed E-state index contributed by atoms with van der Waals surface area (Å²) in [6.07, 6.45) is 2.82. The van der Waals surface area contributed by atoms with E-state index in [1.165, 1.54) is 0 Å². The lowest BCUT2D eigenvalue weighted by molar-refractivity contribution is -0.137. The predicted molar refractivity (Wildman–Crippen MR) is 68.6 cm³/mol. The van der Waals surface area contributed by atoms with Crippen LogP contribution in [0.3, 0.4) is 0 Å². The van der Waals surface area contributed by atoms with E-state index in [2.05, 4.69) is 19.2 Å². The number of ether oxygens (including phenoxy) is 1. The molecule has 4 heteroatoms. The lowest BCUT2D eigenvalue weighted by atomic mass is 9.64. The van der Waals surface area contributed by atoms with Gasteiger partial charge in [0, 0.05) is 18.1 Å². The van der Waals surface area contributed by atoms with Crippen molar-refractivity contribution >= 4 is 5.91 Å². The van der Waals surface area contributed by atoms with Crippen molar-refractivity contribution in [1.29, 1.82) is 0 Å². The Balaban J connectivity index is 2.42. The first-order chi connectivity index (χ1) is 7.93. The van der Waals surface area contributed by atoms with Crippen molar-refractivity contribution in [2.45, 2.75) is 65.1 Å². The highest BCUT2D eigenvalue weighted by Crippen LogP contribution is 2.42. The number of nitrogens with two attached hydrogens (primary N) is 1. The van der Waals surface area contributed by atoms with Crippen LogP contribution in [0, 0.1) is 5.41 Å². The molecule has 2 unspecified atom stereocenters. The Morgan fingerprint density at radius 1 is 1.53 bits per heavy atom. The summed E-state index contributed by atoms with van der Waals surface area (Å²) in [5.74, 6) is -0.0279. The molecule has 3 N–H and O–H groups in total. The van der Waals surface area contributed by atoms with E-state index in [0.29, 0.717) is 0 Å². The maximum absolute atomic E-state index is 11.8. The van der Waals surface area contributed by atoms with Crippen molar-refractivity contribution in [3.8, 4) is 0 Å². The third-order valence-electron chi connectivity index (χ3n) is 3.80. The van der Waals surface area contributed by atoms with Gasteiger partial charge in [0.05, 0.1) is 12.1 Å². The van der Waals surface area contributed by atoms with Gasteiger partial charge in [0.25, 0.3) is 0 Å². The third-order valence-corrected chi connectivity index (χ3v) is 3.80. The fourth-order valence-electron chi connectivity index (χ4n) is 2.34. The summed E-state index contributed by atoms with van der Waals surface area (Å²) in [5, 5.41) is 3.04. The van der Waals surface area contributed by atoms with E-state index < -0.39 is 0 Å². The van der Waals surface area contributed by atoms with Crippen LogP contribution in [0.5, 0.6) is 0 Å². The molecule has 0 radical (unpaired) electrons. The zero-order chi connectivity index (χ0) is 13.1. The van der Waals surface area contributed by atoms with Crippen molar-refractivity contribution < 1.29 is 9.53 Å². The number of hydrogen-bond acceptors (Lipinski definition) is 3. The number of hydrogen-bond donors (Lipinski definition) is 2. The second-order valence-electron chi connectivity index (χ2n) is 5.46. The van der Waals surface area contributed by atoms with E-state index in [-0.39, 0.29) is 29.5 Å². The van der Waals surface area contributed by atoms with Crippen LogP contribution in [-0.4, -0.2) is 30.7 Å². The Hall–Kier alpha value is -0.610. The molecule has 0 heterocycles. The van der Waals surface area contributed by atoms with Gasteiger partial charge in [-0.05, 0) is 19.8 Å². The quantitative estimate of drug-likeness (QED) is 0.740. The molecule has 0 aliphatic heterocycles. The van der Waals surface area contributed by atoms with Gasteiger partial charge in [0.2, 0.25) is 5.91 Å². The normalized spacial score (nSPS) is 28.3. The molecular weight excluding hydrogens is 216 g/mol. The average molecular weight is 242 g/mol. The van der Waals surface area contributed by atoms with E-state index in [0.717, 1.165) is 25.9 Å². The Bertz CT molecular complexity index is 266. The summed E-state index contributed by atoms with van der Waals surface area (Å²) in [4.78, 5) is 11.8. The molecule has 17 heavy (non-hydrogen) atoms. The van der Waals surface area contributed by atoms with Crippen LogP contribution in [0.1, 0.15) is 47.0 Å². The Labute approximate surface area is 104 Å². The first-order valence-electron chi connectivity index (χ1n) is 6.61. The fourth-order valence-corrected chi connectivity index (χ4v) is 2.34. The van der Waals surface area contributed by atoms with Crippen LogP contribution in [0.4, 0.5) is 0 Å². The molecule has 4 nitrogen and oxygen atoms in total. The highest BCUT2D eigenvalue weighted by molar-refractivity contribution is 5.81. The number of amides is 1.